The van der Waals surface area contributed by atoms with Crippen LogP contribution in [0.1, 0.15) is 5.69 Å². The van der Waals surface area contributed by atoms with Crippen LogP contribution in [0.25, 0.3) is 0 Å². The molecule has 0 spiro atoms. The molecule has 0 saturated carbocycles. The zero-order valence-electron chi connectivity index (χ0n) is 12.8. The number of nitrogens with zero attached hydrogens (tertiary/aromatic N) is 1. The SMILES string of the molecule is CP(=S)(c1[c-]cccc1)c1ccccc1.[Au].[CH2-]c1ccccn1. The molecule has 2 aromatic carbocycles. The summed E-state index contributed by atoms with van der Waals surface area (Å²) in [5, 5.41) is 2.41. The summed E-state index contributed by atoms with van der Waals surface area (Å²) in [6, 6.07) is 25.6. The molecule has 3 aromatic rings. The zero-order valence-corrected chi connectivity index (χ0v) is 16.7. The first kappa shape index (κ1) is 19.9. The third kappa shape index (κ3) is 6.10. The van der Waals surface area contributed by atoms with E-state index in [9.17, 15) is 0 Å². The van der Waals surface area contributed by atoms with Crippen molar-refractivity contribution in [2.75, 3.05) is 6.66 Å². The molecule has 0 amide bonds. The molecule has 0 N–H and O–H groups in total. The van der Waals surface area contributed by atoms with E-state index in [1.165, 1.54) is 5.30 Å². The average Bonchev–Trinajstić information content (AvgIpc) is 2.58. The van der Waals surface area contributed by atoms with Crippen LogP contribution < -0.4 is 10.6 Å². The van der Waals surface area contributed by atoms with Gasteiger partial charge in [0.05, 0.1) is 0 Å². The van der Waals surface area contributed by atoms with Crippen LogP contribution in [0.4, 0.5) is 0 Å². The van der Waals surface area contributed by atoms with E-state index in [1.807, 2.05) is 54.6 Å². The van der Waals surface area contributed by atoms with Gasteiger partial charge in [-0.25, -0.2) is 6.92 Å². The molecule has 1 nitrogen and oxygen atoms in total. The van der Waals surface area contributed by atoms with Gasteiger partial charge < -0.3 is 0 Å². The number of hydrogen-bond acceptors (Lipinski definition) is 2. The Bertz CT molecular complexity index is 690. The van der Waals surface area contributed by atoms with Gasteiger partial charge in [0, 0.05) is 28.6 Å². The molecule has 3 rings (SSSR count). The van der Waals surface area contributed by atoms with Gasteiger partial charge >= 0.3 is 0 Å². The van der Waals surface area contributed by atoms with Gasteiger partial charge in [0.1, 0.15) is 0 Å². The van der Waals surface area contributed by atoms with E-state index < -0.39 is 6.04 Å². The van der Waals surface area contributed by atoms with Crippen molar-refractivity contribution in [1.82, 2.24) is 4.98 Å². The van der Waals surface area contributed by atoms with Crippen LogP contribution in [0.2, 0.25) is 0 Å². The molecule has 0 aliphatic rings. The van der Waals surface area contributed by atoms with Crippen molar-refractivity contribution < 1.29 is 22.4 Å². The van der Waals surface area contributed by atoms with E-state index in [0.29, 0.717) is 0 Å². The van der Waals surface area contributed by atoms with Crippen molar-refractivity contribution in [2.24, 2.45) is 0 Å². The van der Waals surface area contributed by atoms with E-state index in [2.05, 4.69) is 42.8 Å². The summed E-state index contributed by atoms with van der Waals surface area (Å²) in [5.41, 5.74) is 0.822. The molecule has 0 aliphatic carbocycles. The van der Waals surface area contributed by atoms with Gasteiger partial charge in [-0.05, 0) is 18.0 Å². The summed E-state index contributed by atoms with van der Waals surface area (Å²) < 4.78 is 0. The molecule has 1 unspecified atom stereocenters. The molecule has 0 fully saturated rings. The summed E-state index contributed by atoms with van der Waals surface area (Å²) >= 11 is 5.76. The minimum atomic E-state index is -1.62. The Morgan fingerprint density at radius 3 is 2.09 bits per heavy atom. The van der Waals surface area contributed by atoms with E-state index in [1.54, 1.807) is 6.20 Å². The fraction of sp³-hybridized carbons (Fsp3) is 0.0526. The smallest absolute Gasteiger partial charge is 0.0222 e. The monoisotopic (exact) mass is 520 g/mol. The van der Waals surface area contributed by atoms with Gasteiger partial charge in [-0.15, -0.1) is 17.1 Å². The molecule has 0 saturated heterocycles. The van der Waals surface area contributed by atoms with Crippen molar-refractivity contribution in [3.05, 3.63) is 97.7 Å². The van der Waals surface area contributed by atoms with Gasteiger partial charge in [-0.1, -0.05) is 48.2 Å². The summed E-state index contributed by atoms with van der Waals surface area (Å²) in [5.74, 6) is 0. The topological polar surface area (TPSA) is 12.9 Å². The van der Waals surface area contributed by atoms with Crippen LogP contribution in [0.3, 0.4) is 0 Å². The molecular formula is C19H18AuNPS-2. The first-order valence-corrected chi connectivity index (χ1v) is 10.2. The maximum Gasteiger partial charge on any atom is 0.0222 e. The van der Waals surface area contributed by atoms with Crippen LogP contribution in [-0.2, 0) is 34.2 Å². The summed E-state index contributed by atoms with van der Waals surface area (Å²) in [4.78, 5) is 3.87. The molecule has 4 heteroatoms. The quantitative estimate of drug-likeness (QED) is 0.290. The average molecular weight is 520 g/mol. The van der Waals surface area contributed by atoms with Crippen molar-refractivity contribution >= 4 is 28.5 Å². The van der Waals surface area contributed by atoms with Crippen molar-refractivity contribution in [3.8, 4) is 0 Å². The van der Waals surface area contributed by atoms with E-state index in [4.69, 9.17) is 11.8 Å². The van der Waals surface area contributed by atoms with Crippen LogP contribution in [0.15, 0.2) is 79.0 Å². The second kappa shape index (κ2) is 9.87. The van der Waals surface area contributed by atoms with Crippen molar-refractivity contribution in [2.45, 2.75) is 0 Å². The molecular weight excluding hydrogens is 502 g/mol. The third-order valence-electron chi connectivity index (χ3n) is 3.13. The number of hydrogen-bond donors (Lipinski definition) is 0. The molecule has 0 aliphatic heterocycles. The minimum Gasteiger partial charge on any atom is -0.296 e. The molecule has 23 heavy (non-hydrogen) atoms. The van der Waals surface area contributed by atoms with Crippen LogP contribution in [0.5, 0.6) is 0 Å². The molecule has 1 atom stereocenters. The van der Waals surface area contributed by atoms with E-state index >= 15 is 0 Å². The minimum absolute atomic E-state index is 0. The van der Waals surface area contributed by atoms with Crippen molar-refractivity contribution in [3.63, 3.8) is 0 Å². The van der Waals surface area contributed by atoms with Gasteiger partial charge in [-0.3, -0.25) is 4.98 Å². The Kier molecular flexibility index (Phi) is 8.54. The van der Waals surface area contributed by atoms with E-state index in [0.717, 1.165) is 11.0 Å². The number of rotatable bonds is 2. The summed E-state index contributed by atoms with van der Waals surface area (Å²) in [7, 11) is 0. The zero-order chi connectivity index (χ0) is 15.8. The standard InChI is InChI=1S/C13H12PS.C6H6N.Au/c1-14(15,12-8-4-2-5-9-12)13-10-6-3-7-11-13;1-6-4-2-3-5-7-6;/h2-10H,1H3;2-5H,1H2;/q2*-1;. The second-order valence-electron chi connectivity index (χ2n) is 4.83. The predicted octanol–water partition coefficient (Wildman–Crippen LogP) is 3.81. The summed E-state index contributed by atoms with van der Waals surface area (Å²) in [6.45, 7) is 5.77. The number of pyridine rings is 1. The first-order valence-electron chi connectivity index (χ1n) is 6.94. The second-order valence-corrected chi connectivity index (χ2v) is 9.87. The molecule has 1 aromatic heterocycles. The molecule has 1 radical (unpaired) electrons. The Labute approximate surface area is 159 Å². The Hall–Kier alpha value is -1.15. The fourth-order valence-electron chi connectivity index (χ4n) is 1.90. The number of aromatic nitrogens is 1. The van der Waals surface area contributed by atoms with Gasteiger partial charge in [0.15, 0.2) is 0 Å². The largest absolute Gasteiger partial charge is 0.296 e. The Balaban J connectivity index is 0.000000280. The number of benzene rings is 2. The van der Waals surface area contributed by atoms with Gasteiger partial charge in [-0.2, -0.15) is 36.4 Å². The first-order chi connectivity index (χ1) is 10.6. The molecule has 1 heterocycles. The van der Waals surface area contributed by atoms with Crippen LogP contribution in [0, 0.1) is 13.0 Å². The predicted molar refractivity (Wildman–Crippen MR) is 99.9 cm³/mol. The van der Waals surface area contributed by atoms with Crippen LogP contribution >= 0.6 is 6.04 Å². The van der Waals surface area contributed by atoms with Gasteiger partial charge in [0.25, 0.3) is 0 Å². The fourth-order valence-corrected chi connectivity index (χ4v) is 4.32. The van der Waals surface area contributed by atoms with E-state index in [-0.39, 0.29) is 22.4 Å². The maximum absolute atomic E-state index is 5.76. The van der Waals surface area contributed by atoms with Gasteiger partial charge in [0.2, 0.25) is 0 Å². The third-order valence-corrected chi connectivity index (χ3v) is 6.83. The normalized spacial score (nSPS) is 12.0. The molecule has 0 bridgehead atoms. The van der Waals surface area contributed by atoms with Crippen LogP contribution in [-0.4, -0.2) is 11.6 Å². The maximum atomic E-state index is 5.76. The van der Waals surface area contributed by atoms with Crippen molar-refractivity contribution in [1.29, 1.82) is 0 Å². The summed E-state index contributed by atoms with van der Waals surface area (Å²) in [6.07, 6.45) is 1.72. The molecule has 123 valence electrons. The Morgan fingerprint density at radius 1 is 0.957 bits per heavy atom. The Morgan fingerprint density at radius 2 is 1.61 bits per heavy atom.